The summed E-state index contributed by atoms with van der Waals surface area (Å²) in [5.41, 5.74) is 3.63. The van der Waals surface area contributed by atoms with Gasteiger partial charge in [-0.3, -0.25) is 0 Å². The van der Waals surface area contributed by atoms with Gasteiger partial charge < -0.3 is 40.1 Å². The smallest absolute Gasteiger partial charge is 0.161 e. The fraction of sp³-hybridized carbons (Fsp3) is 0.133. The second-order valence-corrected chi connectivity index (χ2v) is 9.13. The maximum absolute atomic E-state index is 11.1. The third-order valence-corrected chi connectivity index (χ3v) is 6.81. The summed E-state index contributed by atoms with van der Waals surface area (Å²) < 4.78 is 10.6. The SMILES string of the molecule is COc1cc(/C=C2\c3cc(O)cc(O)c3[C@H](c3ccc(O)c(OC)c3)[C@H]2c2cc(O)cc(O)c2)ccc1O. The Balaban J connectivity index is 1.84. The van der Waals surface area contributed by atoms with E-state index in [9.17, 15) is 30.6 Å². The van der Waals surface area contributed by atoms with E-state index in [-0.39, 0.29) is 46.0 Å². The second-order valence-electron chi connectivity index (χ2n) is 9.13. The standard InChI is InChI=1S/C30H26O8/c1-37-26-8-15(3-5-23(26)34)7-21-22-13-20(33)14-25(36)30(22)29(16-4-6-24(35)27(11-16)38-2)28(21)17-9-18(31)12-19(32)10-17/h3-14,28-29,31-36H,1-2H3/b21-7+/t28-,29+/m0/s1. The lowest BCUT2D eigenvalue weighted by Crippen LogP contribution is -2.08. The fourth-order valence-corrected chi connectivity index (χ4v) is 5.25. The largest absolute Gasteiger partial charge is 0.508 e. The predicted molar refractivity (Wildman–Crippen MR) is 141 cm³/mol. The van der Waals surface area contributed by atoms with Crippen molar-refractivity contribution in [3.05, 3.63) is 94.5 Å². The van der Waals surface area contributed by atoms with Gasteiger partial charge in [-0.2, -0.15) is 0 Å². The van der Waals surface area contributed by atoms with E-state index in [1.165, 1.54) is 50.6 Å². The molecule has 0 unspecified atom stereocenters. The molecule has 8 nitrogen and oxygen atoms in total. The monoisotopic (exact) mass is 514 g/mol. The van der Waals surface area contributed by atoms with Crippen LogP contribution in [0.5, 0.6) is 46.0 Å². The van der Waals surface area contributed by atoms with Gasteiger partial charge in [0.15, 0.2) is 23.0 Å². The Kier molecular flexibility index (Phi) is 6.16. The van der Waals surface area contributed by atoms with Gasteiger partial charge in [-0.1, -0.05) is 18.2 Å². The van der Waals surface area contributed by atoms with Gasteiger partial charge in [-0.25, -0.2) is 0 Å². The third kappa shape index (κ3) is 4.26. The molecule has 6 N–H and O–H groups in total. The highest BCUT2D eigenvalue weighted by Crippen LogP contribution is 2.59. The molecule has 4 aromatic carbocycles. The van der Waals surface area contributed by atoms with Crippen LogP contribution in [0.1, 0.15) is 39.7 Å². The van der Waals surface area contributed by atoms with E-state index in [0.29, 0.717) is 33.4 Å². The average Bonchev–Trinajstić information content (AvgIpc) is 3.19. The molecule has 0 saturated heterocycles. The summed E-state index contributed by atoms with van der Waals surface area (Å²) in [6.45, 7) is 0. The van der Waals surface area contributed by atoms with Gasteiger partial charge >= 0.3 is 0 Å². The lowest BCUT2D eigenvalue weighted by atomic mass is 9.79. The molecular weight excluding hydrogens is 488 g/mol. The highest BCUT2D eigenvalue weighted by Gasteiger charge is 2.41. The molecule has 4 aromatic rings. The number of hydrogen-bond donors (Lipinski definition) is 6. The first-order valence-electron chi connectivity index (χ1n) is 11.7. The number of fused-ring (bicyclic) bond motifs is 1. The number of aromatic hydroxyl groups is 6. The maximum Gasteiger partial charge on any atom is 0.161 e. The van der Waals surface area contributed by atoms with Gasteiger partial charge in [0.1, 0.15) is 23.0 Å². The lowest BCUT2D eigenvalue weighted by Gasteiger charge is -2.24. The number of benzene rings is 4. The van der Waals surface area contributed by atoms with Crippen LogP contribution >= 0.6 is 0 Å². The van der Waals surface area contributed by atoms with E-state index in [4.69, 9.17) is 9.47 Å². The number of methoxy groups -OCH3 is 2. The third-order valence-electron chi connectivity index (χ3n) is 6.81. The van der Waals surface area contributed by atoms with Gasteiger partial charge in [-0.05, 0) is 70.3 Å². The zero-order chi connectivity index (χ0) is 27.1. The van der Waals surface area contributed by atoms with Crippen molar-refractivity contribution in [1.82, 2.24) is 0 Å². The topological polar surface area (TPSA) is 140 Å². The lowest BCUT2D eigenvalue weighted by molar-refractivity contribution is 0.372. The Morgan fingerprint density at radius 1 is 0.579 bits per heavy atom. The quantitative estimate of drug-likeness (QED) is 0.208. The van der Waals surface area contributed by atoms with E-state index < -0.39 is 11.8 Å². The summed E-state index contributed by atoms with van der Waals surface area (Å²) in [5, 5.41) is 62.5. The summed E-state index contributed by atoms with van der Waals surface area (Å²) in [6, 6.07) is 16.8. The fourth-order valence-electron chi connectivity index (χ4n) is 5.25. The zero-order valence-corrected chi connectivity index (χ0v) is 20.6. The Bertz CT molecular complexity index is 1550. The van der Waals surface area contributed by atoms with Crippen molar-refractivity contribution in [3.8, 4) is 46.0 Å². The van der Waals surface area contributed by atoms with Crippen molar-refractivity contribution in [2.75, 3.05) is 14.2 Å². The number of rotatable bonds is 5. The summed E-state index contributed by atoms with van der Waals surface area (Å²) >= 11 is 0. The molecule has 0 saturated carbocycles. The molecule has 194 valence electrons. The molecule has 38 heavy (non-hydrogen) atoms. The first-order chi connectivity index (χ1) is 18.2. The molecule has 2 atom stereocenters. The second kappa shape index (κ2) is 9.48. The average molecular weight is 515 g/mol. The summed E-state index contributed by atoms with van der Waals surface area (Å²) in [7, 11) is 2.88. The summed E-state index contributed by atoms with van der Waals surface area (Å²) in [6.07, 6.45) is 1.84. The van der Waals surface area contributed by atoms with Crippen LogP contribution < -0.4 is 9.47 Å². The molecule has 0 heterocycles. The molecule has 8 heteroatoms. The predicted octanol–water partition coefficient (Wildman–Crippen LogP) is 5.41. The van der Waals surface area contributed by atoms with Gasteiger partial charge in [0, 0.05) is 29.5 Å². The van der Waals surface area contributed by atoms with E-state index in [1.54, 1.807) is 30.3 Å². The van der Waals surface area contributed by atoms with Crippen molar-refractivity contribution in [2.24, 2.45) is 0 Å². The highest BCUT2D eigenvalue weighted by molar-refractivity contribution is 5.93. The molecule has 0 bridgehead atoms. The number of hydrogen-bond acceptors (Lipinski definition) is 8. The highest BCUT2D eigenvalue weighted by atomic mass is 16.5. The van der Waals surface area contributed by atoms with Crippen molar-refractivity contribution in [1.29, 1.82) is 0 Å². The van der Waals surface area contributed by atoms with Gasteiger partial charge in [0.2, 0.25) is 0 Å². The number of ether oxygens (including phenoxy) is 2. The molecule has 0 fully saturated rings. The van der Waals surface area contributed by atoms with Gasteiger partial charge in [0.25, 0.3) is 0 Å². The summed E-state index contributed by atoms with van der Waals surface area (Å²) in [4.78, 5) is 0. The Hall–Kier alpha value is -4.98. The molecule has 5 rings (SSSR count). The Morgan fingerprint density at radius 2 is 1.18 bits per heavy atom. The van der Waals surface area contributed by atoms with Crippen LogP contribution in [0.15, 0.2) is 66.7 Å². The Labute approximate surface area is 218 Å². The van der Waals surface area contributed by atoms with Crippen molar-refractivity contribution < 1.29 is 40.1 Å². The molecule has 1 aliphatic carbocycles. The minimum atomic E-state index is -0.565. The normalized spacial score (nSPS) is 17.4. The van der Waals surface area contributed by atoms with Crippen molar-refractivity contribution in [2.45, 2.75) is 11.8 Å². The first kappa shape index (κ1) is 24.7. The van der Waals surface area contributed by atoms with Crippen LogP contribution in [0.25, 0.3) is 11.6 Å². The number of allylic oxidation sites excluding steroid dienone is 1. The van der Waals surface area contributed by atoms with E-state index in [2.05, 4.69) is 0 Å². The molecule has 0 aromatic heterocycles. The molecule has 0 amide bonds. The van der Waals surface area contributed by atoms with Crippen LogP contribution in [-0.2, 0) is 0 Å². The van der Waals surface area contributed by atoms with Crippen LogP contribution in [0.2, 0.25) is 0 Å². The number of phenols is 6. The minimum Gasteiger partial charge on any atom is -0.508 e. The molecule has 0 radical (unpaired) electrons. The molecule has 1 aliphatic rings. The van der Waals surface area contributed by atoms with Gasteiger partial charge in [-0.15, -0.1) is 0 Å². The Morgan fingerprint density at radius 3 is 1.84 bits per heavy atom. The van der Waals surface area contributed by atoms with Crippen LogP contribution in [-0.4, -0.2) is 44.9 Å². The van der Waals surface area contributed by atoms with Crippen LogP contribution in [0, 0.1) is 0 Å². The van der Waals surface area contributed by atoms with E-state index >= 15 is 0 Å². The molecule has 0 spiro atoms. The first-order valence-corrected chi connectivity index (χ1v) is 11.7. The maximum atomic E-state index is 11.1. The molecular formula is C30H26O8. The number of phenolic OH excluding ortho intramolecular Hbond substituents is 6. The zero-order valence-electron chi connectivity index (χ0n) is 20.6. The van der Waals surface area contributed by atoms with Crippen LogP contribution in [0.4, 0.5) is 0 Å². The van der Waals surface area contributed by atoms with E-state index in [0.717, 1.165) is 0 Å². The van der Waals surface area contributed by atoms with Gasteiger partial charge in [0.05, 0.1) is 14.2 Å². The summed E-state index contributed by atoms with van der Waals surface area (Å²) in [5.74, 6) is -1.27. The molecule has 0 aliphatic heterocycles. The van der Waals surface area contributed by atoms with E-state index in [1.807, 2.05) is 6.08 Å². The van der Waals surface area contributed by atoms with Crippen LogP contribution in [0.3, 0.4) is 0 Å². The van der Waals surface area contributed by atoms with Crippen molar-refractivity contribution >= 4 is 11.6 Å². The minimum absolute atomic E-state index is 0.0275. The van der Waals surface area contributed by atoms with Crippen molar-refractivity contribution in [3.63, 3.8) is 0 Å².